The van der Waals surface area contributed by atoms with Gasteiger partial charge in [0.05, 0.1) is 15.6 Å². The molecule has 1 N–H and O–H groups in total. The SMILES string of the molecule is CC[C@@H](C(=O)NC1CCCC1)N(Cc1ccc(F)cc1)C(=O)CN(c1ccccc1Cl)S(=O)(=O)c1ccccc1. The van der Waals surface area contributed by atoms with Gasteiger partial charge in [0.2, 0.25) is 11.8 Å². The highest BCUT2D eigenvalue weighted by Crippen LogP contribution is 2.31. The summed E-state index contributed by atoms with van der Waals surface area (Å²) in [7, 11) is -4.20. The van der Waals surface area contributed by atoms with Crippen LogP contribution in [-0.4, -0.2) is 43.8 Å². The minimum Gasteiger partial charge on any atom is -0.352 e. The van der Waals surface area contributed by atoms with Gasteiger partial charge < -0.3 is 10.2 Å². The van der Waals surface area contributed by atoms with Gasteiger partial charge in [0.1, 0.15) is 18.4 Å². The normalized spacial score (nSPS) is 14.5. The Morgan fingerprint density at radius 2 is 1.60 bits per heavy atom. The number of anilines is 1. The molecule has 40 heavy (non-hydrogen) atoms. The third-order valence-corrected chi connectivity index (χ3v) is 9.18. The van der Waals surface area contributed by atoms with Crippen molar-refractivity contribution in [3.63, 3.8) is 0 Å². The number of para-hydroxylation sites is 1. The molecule has 0 aromatic heterocycles. The molecule has 1 saturated carbocycles. The molecule has 4 rings (SSSR count). The molecule has 3 aromatic rings. The Morgan fingerprint density at radius 1 is 0.975 bits per heavy atom. The number of halogens is 2. The summed E-state index contributed by atoms with van der Waals surface area (Å²) < 4.78 is 42.2. The van der Waals surface area contributed by atoms with Crippen LogP contribution in [0, 0.1) is 5.82 Å². The van der Waals surface area contributed by atoms with Crippen LogP contribution in [0.2, 0.25) is 5.02 Å². The second-order valence-electron chi connectivity index (χ2n) is 9.84. The fraction of sp³-hybridized carbons (Fsp3) is 0.333. The zero-order valence-corrected chi connectivity index (χ0v) is 23.9. The molecule has 0 radical (unpaired) electrons. The summed E-state index contributed by atoms with van der Waals surface area (Å²) in [5, 5.41) is 3.22. The zero-order chi connectivity index (χ0) is 28.7. The lowest BCUT2D eigenvalue weighted by molar-refractivity contribution is -0.140. The van der Waals surface area contributed by atoms with Crippen LogP contribution in [0.1, 0.15) is 44.6 Å². The topological polar surface area (TPSA) is 86.8 Å². The smallest absolute Gasteiger partial charge is 0.264 e. The van der Waals surface area contributed by atoms with Crippen molar-refractivity contribution >= 4 is 39.1 Å². The van der Waals surface area contributed by atoms with Gasteiger partial charge in [-0.3, -0.25) is 13.9 Å². The minimum absolute atomic E-state index is 0.00109. The van der Waals surface area contributed by atoms with Crippen LogP contribution in [0.3, 0.4) is 0 Å². The van der Waals surface area contributed by atoms with E-state index in [-0.39, 0.29) is 34.1 Å². The molecule has 1 aliphatic carbocycles. The largest absolute Gasteiger partial charge is 0.352 e. The minimum atomic E-state index is -4.20. The summed E-state index contributed by atoms with van der Waals surface area (Å²) in [5.74, 6) is -1.30. The standard InChI is InChI=1S/C30H33ClFN3O4S/c1-2-27(30(37)33-24-10-6-7-11-24)34(20-22-16-18-23(32)19-17-22)29(36)21-35(28-15-9-8-14-26(28)31)40(38,39)25-12-4-3-5-13-25/h3-5,8-9,12-19,24,27H,2,6-7,10-11,20-21H2,1H3,(H,33,37)/t27-/m0/s1. The average Bonchev–Trinajstić information content (AvgIpc) is 3.46. The van der Waals surface area contributed by atoms with Crippen LogP contribution < -0.4 is 9.62 Å². The van der Waals surface area contributed by atoms with Crippen LogP contribution in [0.5, 0.6) is 0 Å². The van der Waals surface area contributed by atoms with Gasteiger partial charge in [-0.25, -0.2) is 12.8 Å². The van der Waals surface area contributed by atoms with Gasteiger partial charge in [-0.05, 0) is 61.2 Å². The van der Waals surface area contributed by atoms with E-state index in [1.807, 2.05) is 0 Å². The highest BCUT2D eigenvalue weighted by atomic mass is 35.5. The molecule has 0 bridgehead atoms. The highest BCUT2D eigenvalue weighted by molar-refractivity contribution is 7.92. The molecule has 0 aliphatic heterocycles. The fourth-order valence-corrected chi connectivity index (χ4v) is 6.70. The molecule has 0 saturated heterocycles. The number of benzene rings is 3. The Morgan fingerprint density at radius 3 is 2.23 bits per heavy atom. The molecule has 1 atom stereocenters. The maximum atomic E-state index is 14.1. The number of rotatable bonds is 11. The van der Waals surface area contributed by atoms with Crippen molar-refractivity contribution in [2.45, 2.75) is 62.6 Å². The summed E-state index contributed by atoms with van der Waals surface area (Å²) in [4.78, 5) is 28.9. The second kappa shape index (κ2) is 13.3. The van der Waals surface area contributed by atoms with E-state index in [1.165, 1.54) is 35.2 Å². The van der Waals surface area contributed by atoms with E-state index in [2.05, 4.69) is 5.32 Å². The summed E-state index contributed by atoms with van der Waals surface area (Å²) in [6, 6.07) is 19.0. The van der Waals surface area contributed by atoms with Crippen molar-refractivity contribution in [3.8, 4) is 0 Å². The first-order chi connectivity index (χ1) is 19.2. The average molecular weight is 586 g/mol. The first-order valence-corrected chi connectivity index (χ1v) is 15.2. The van der Waals surface area contributed by atoms with Gasteiger partial charge in [0, 0.05) is 12.6 Å². The van der Waals surface area contributed by atoms with Gasteiger partial charge >= 0.3 is 0 Å². The lowest BCUT2D eigenvalue weighted by atomic mass is 10.1. The summed E-state index contributed by atoms with van der Waals surface area (Å²) >= 11 is 6.42. The summed E-state index contributed by atoms with van der Waals surface area (Å²) in [6.45, 7) is 1.21. The second-order valence-corrected chi connectivity index (χ2v) is 12.1. The fourth-order valence-electron chi connectivity index (χ4n) is 4.96. The van der Waals surface area contributed by atoms with Crippen molar-refractivity contribution in [2.24, 2.45) is 0 Å². The van der Waals surface area contributed by atoms with E-state index in [4.69, 9.17) is 11.6 Å². The van der Waals surface area contributed by atoms with Crippen molar-refractivity contribution in [2.75, 3.05) is 10.8 Å². The molecule has 0 spiro atoms. The number of hydrogen-bond donors (Lipinski definition) is 1. The van der Waals surface area contributed by atoms with Crippen molar-refractivity contribution < 1.29 is 22.4 Å². The Kier molecular flexibility index (Phi) is 9.81. The maximum Gasteiger partial charge on any atom is 0.264 e. The van der Waals surface area contributed by atoms with Gasteiger partial charge in [0.15, 0.2) is 0 Å². The Bertz CT molecular complexity index is 1410. The number of carbonyl (C=O) groups is 2. The van der Waals surface area contributed by atoms with E-state index in [0.29, 0.717) is 12.0 Å². The van der Waals surface area contributed by atoms with Crippen molar-refractivity contribution in [1.29, 1.82) is 0 Å². The number of nitrogens with zero attached hydrogens (tertiary/aromatic N) is 2. The molecule has 212 valence electrons. The molecular formula is C30H33ClFN3O4S. The molecular weight excluding hydrogens is 553 g/mol. The van der Waals surface area contributed by atoms with E-state index in [0.717, 1.165) is 30.0 Å². The van der Waals surface area contributed by atoms with Crippen molar-refractivity contribution in [3.05, 3.63) is 95.3 Å². The first kappa shape index (κ1) is 29.6. The molecule has 7 nitrogen and oxygen atoms in total. The van der Waals surface area contributed by atoms with Gasteiger partial charge in [-0.15, -0.1) is 0 Å². The predicted molar refractivity (Wildman–Crippen MR) is 154 cm³/mol. The first-order valence-electron chi connectivity index (χ1n) is 13.4. The third kappa shape index (κ3) is 7.01. The van der Waals surface area contributed by atoms with E-state index in [9.17, 15) is 22.4 Å². The Labute approximate surface area is 240 Å². The number of carbonyl (C=O) groups excluding carboxylic acids is 2. The van der Waals surface area contributed by atoms with E-state index >= 15 is 0 Å². The molecule has 2 amide bonds. The van der Waals surface area contributed by atoms with Gasteiger partial charge in [-0.1, -0.05) is 73.8 Å². The van der Waals surface area contributed by atoms with Crippen LogP contribution in [0.25, 0.3) is 0 Å². The van der Waals surface area contributed by atoms with E-state index < -0.39 is 34.3 Å². The van der Waals surface area contributed by atoms with Crippen LogP contribution in [0.4, 0.5) is 10.1 Å². The number of amides is 2. The molecule has 1 fully saturated rings. The van der Waals surface area contributed by atoms with Crippen LogP contribution in [-0.2, 0) is 26.2 Å². The maximum absolute atomic E-state index is 14.1. The third-order valence-electron chi connectivity index (χ3n) is 7.08. The summed E-state index contributed by atoms with van der Waals surface area (Å²) in [5.41, 5.74) is 0.753. The lowest BCUT2D eigenvalue weighted by Gasteiger charge is -2.34. The number of sulfonamides is 1. The van der Waals surface area contributed by atoms with Gasteiger partial charge in [0.25, 0.3) is 10.0 Å². The zero-order valence-electron chi connectivity index (χ0n) is 22.3. The van der Waals surface area contributed by atoms with Crippen LogP contribution in [0.15, 0.2) is 83.8 Å². The Hall–Kier alpha value is -3.43. The van der Waals surface area contributed by atoms with Crippen molar-refractivity contribution in [1.82, 2.24) is 10.2 Å². The predicted octanol–water partition coefficient (Wildman–Crippen LogP) is 5.54. The van der Waals surface area contributed by atoms with Crippen LogP contribution >= 0.6 is 11.6 Å². The van der Waals surface area contributed by atoms with Gasteiger partial charge in [-0.2, -0.15) is 0 Å². The molecule has 0 heterocycles. The number of hydrogen-bond acceptors (Lipinski definition) is 4. The van der Waals surface area contributed by atoms with E-state index in [1.54, 1.807) is 55.5 Å². The monoisotopic (exact) mass is 585 g/mol. The lowest BCUT2D eigenvalue weighted by Crippen LogP contribution is -2.53. The molecule has 10 heteroatoms. The highest BCUT2D eigenvalue weighted by Gasteiger charge is 2.35. The molecule has 0 unspecified atom stereocenters. The Balaban J connectivity index is 1.71. The quantitative estimate of drug-likeness (QED) is 0.320. The summed E-state index contributed by atoms with van der Waals surface area (Å²) in [6.07, 6.45) is 4.13. The number of nitrogens with one attached hydrogen (secondary N) is 1. The molecule has 1 aliphatic rings. The molecule has 3 aromatic carbocycles.